The fourth-order valence-electron chi connectivity index (χ4n) is 8.20. The van der Waals surface area contributed by atoms with Gasteiger partial charge in [0, 0.05) is 87.0 Å². The van der Waals surface area contributed by atoms with Crippen LogP contribution in [0.4, 0.5) is 17.1 Å². The molecular weight excluding hydrogens is 877 g/mol. The van der Waals surface area contributed by atoms with Crippen LogP contribution in [0.5, 0.6) is 0 Å². The van der Waals surface area contributed by atoms with Crippen LogP contribution < -0.4 is 25.5 Å². The second-order valence-electron chi connectivity index (χ2n) is 16.0. The second-order valence-corrected chi connectivity index (χ2v) is 19.7. The Morgan fingerprint density at radius 3 is 1.79 bits per heavy atom. The van der Waals surface area contributed by atoms with Crippen molar-refractivity contribution in [2.24, 2.45) is 0 Å². The average Bonchev–Trinajstić information content (AvgIpc) is 3.35. The van der Waals surface area contributed by atoms with Crippen LogP contribution in [0.3, 0.4) is 0 Å². The molecule has 6 aromatic carbocycles. The topological polar surface area (TPSA) is 101 Å². The molecule has 0 amide bonds. The van der Waals surface area contributed by atoms with Gasteiger partial charge in [-0.1, -0.05) is 91.0 Å². The fraction of sp³-hybridized carbons (Fsp3) is 0.218. The molecule has 0 unspecified atom stereocenters. The van der Waals surface area contributed by atoms with E-state index in [1.54, 1.807) is 18.2 Å². The Morgan fingerprint density at radius 1 is 0.561 bits per heavy atom. The summed E-state index contributed by atoms with van der Waals surface area (Å²) in [6.07, 6.45) is 3.99. The van der Waals surface area contributed by atoms with Gasteiger partial charge in [-0.3, -0.25) is 0 Å². The predicted molar refractivity (Wildman–Crippen MR) is 274 cm³/mol. The van der Waals surface area contributed by atoms with Crippen LogP contribution in [0.2, 0.25) is 0 Å². The Bertz CT molecular complexity index is 2920. The molecule has 2 N–H and O–H groups in total. The smallest absolute Gasteiger partial charge is 0.209 e. The third-order valence-corrected chi connectivity index (χ3v) is 14.5. The highest BCUT2D eigenvalue weighted by atomic mass is 32.2. The van der Waals surface area contributed by atoms with Crippen molar-refractivity contribution >= 4 is 61.7 Å². The molecule has 0 saturated heterocycles. The zero-order valence-corrected chi connectivity index (χ0v) is 39.5. The van der Waals surface area contributed by atoms with Gasteiger partial charge in [-0.05, 0) is 111 Å². The van der Waals surface area contributed by atoms with Crippen LogP contribution in [-0.2, 0) is 10.1 Å². The van der Waals surface area contributed by atoms with Crippen molar-refractivity contribution in [3.05, 3.63) is 187 Å². The summed E-state index contributed by atoms with van der Waals surface area (Å²) in [5.74, 6) is 2.71. The SMILES string of the molecule is O=S(=O)([O-])c1ccccc1-c1c2ccc(=[N+](CCCNCCCSc3ccccc3)c3ccccc3)cc-2oc2cc(N(CCCNCCCSc3ccccc3)c3ccccc3)ccc12. The summed E-state index contributed by atoms with van der Waals surface area (Å²) in [5.41, 5.74) is 5.34. The summed E-state index contributed by atoms with van der Waals surface area (Å²) in [7, 11) is -4.81. The van der Waals surface area contributed by atoms with Gasteiger partial charge >= 0.3 is 0 Å². The van der Waals surface area contributed by atoms with E-state index in [0.29, 0.717) is 33.4 Å². The lowest BCUT2D eigenvalue weighted by molar-refractivity contribution is 0.463. The summed E-state index contributed by atoms with van der Waals surface area (Å²) in [5, 5.41) is 8.94. The van der Waals surface area contributed by atoms with Crippen LogP contribution in [-0.4, -0.2) is 63.7 Å². The number of nitrogens with zero attached hydrogens (tertiary/aromatic N) is 2. The summed E-state index contributed by atoms with van der Waals surface area (Å²) < 4.78 is 47.6. The first kappa shape index (κ1) is 46.9. The fourth-order valence-corrected chi connectivity index (χ4v) is 10.6. The summed E-state index contributed by atoms with van der Waals surface area (Å²) >= 11 is 3.77. The molecule has 8 rings (SSSR count). The molecule has 6 aromatic rings. The van der Waals surface area contributed by atoms with Crippen molar-refractivity contribution < 1.29 is 17.4 Å². The second kappa shape index (κ2) is 23.7. The minimum Gasteiger partial charge on any atom is -0.744 e. The van der Waals surface area contributed by atoms with E-state index >= 15 is 0 Å². The van der Waals surface area contributed by atoms with Gasteiger partial charge in [-0.25, -0.2) is 8.42 Å². The molecular formula is C55H56N4O4S3. The van der Waals surface area contributed by atoms with Gasteiger partial charge in [0.05, 0.1) is 11.0 Å². The number of para-hydroxylation sites is 2. The lowest BCUT2D eigenvalue weighted by Gasteiger charge is -2.26. The molecule has 2 aliphatic rings. The first-order valence-corrected chi connectivity index (χ1v) is 26.1. The van der Waals surface area contributed by atoms with E-state index in [4.69, 9.17) is 4.42 Å². The molecule has 0 aromatic heterocycles. The van der Waals surface area contributed by atoms with E-state index in [0.717, 1.165) is 98.9 Å². The van der Waals surface area contributed by atoms with Gasteiger partial charge in [0.1, 0.15) is 21.5 Å². The lowest BCUT2D eigenvalue weighted by atomic mass is 9.93. The summed E-state index contributed by atoms with van der Waals surface area (Å²) in [4.78, 5) is 4.63. The van der Waals surface area contributed by atoms with Crippen LogP contribution in [0.1, 0.15) is 25.7 Å². The molecule has 338 valence electrons. The Labute approximate surface area is 397 Å². The summed E-state index contributed by atoms with van der Waals surface area (Å²) in [6, 6.07) is 60.4. The quantitative estimate of drug-likeness (QED) is 0.0213. The molecule has 11 heteroatoms. The molecule has 1 aliphatic heterocycles. The van der Waals surface area contributed by atoms with Crippen molar-refractivity contribution in [2.45, 2.75) is 40.4 Å². The van der Waals surface area contributed by atoms with Crippen molar-refractivity contribution in [2.75, 3.05) is 55.7 Å². The van der Waals surface area contributed by atoms with E-state index < -0.39 is 10.1 Å². The first-order valence-electron chi connectivity index (χ1n) is 22.7. The van der Waals surface area contributed by atoms with Crippen LogP contribution in [0, 0.1) is 0 Å². The van der Waals surface area contributed by atoms with E-state index in [9.17, 15) is 13.0 Å². The Balaban J connectivity index is 1.09. The molecule has 0 radical (unpaired) electrons. The number of anilines is 2. The minimum atomic E-state index is -4.81. The number of nitrogens with one attached hydrogen (secondary N) is 2. The number of fused-ring (bicyclic) bond motifs is 2. The zero-order chi connectivity index (χ0) is 45.4. The van der Waals surface area contributed by atoms with Crippen molar-refractivity contribution in [3.8, 4) is 22.5 Å². The van der Waals surface area contributed by atoms with E-state index in [1.165, 1.54) is 15.9 Å². The number of rotatable bonds is 23. The monoisotopic (exact) mass is 932 g/mol. The number of thioether (sulfide) groups is 2. The molecule has 1 aliphatic carbocycles. The van der Waals surface area contributed by atoms with E-state index in [-0.39, 0.29) is 4.90 Å². The zero-order valence-electron chi connectivity index (χ0n) is 37.1. The van der Waals surface area contributed by atoms with Crippen molar-refractivity contribution in [1.82, 2.24) is 15.2 Å². The van der Waals surface area contributed by atoms with Gasteiger partial charge in [-0.2, -0.15) is 4.58 Å². The molecule has 0 fully saturated rings. The highest BCUT2D eigenvalue weighted by Gasteiger charge is 2.23. The van der Waals surface area contributed by atoms with Crippen LogP contribution in [0.15, 0.2) is 201 Å². The highest BCUT2D eigenvalue weighted by molar-refractivity contribution is 7.99. The average molecular weight is 933 g/mol. The standard InChI is InChI=1S/C55H56N4O4S3/c60-66(61,62)54-28-14-13-27-51(54)55-49-31-29-45(58(43-19-5-1-6-20-43)37-15-33-56-35-17-39-64-47-23-9-3-10-24-47)41-52(49)63-53-42-46(30-32-50(53)55)59(44-21-7-2-8-22-44)38-16-34-57-36-18-40-65-48-25-11-4-12-26-48/h1-14,19-32,41-42,56-57H,15-18,33-40H2. The van der Waals surface area contributed by atoms with Crippen molar-refractivity contribution in [1.29, 1.82) is 0 Å². The van der Waals surface area contributed by atoms with Gasteiger partial charge in [0.25, 0.3) is 0 Å². The van der Waals surface area contributed by atoms with Gasteiger partial charge in [0.15, 0.2) is 6.54 Å². The van der Waals surface area contributed by atoms with Gasteiger partial charge in [-0.15, -0.1) is 23.5 Å². The maximum atomic E-state index is 12.8. The third kappa shape index (κ3) is 12.6. The number of hydrogen-bond acceptors (Lipinski definition) is 9. The Kier molecular flexibility index (Phi) is 16.8. The third-order valence-electron chi connectivity index (χ3n) is 11.4. The van der Waals surface area contributed by atoms with Gasteiger partial charge < -0.3 is 24.5 Å². The lowest BCUT2D eigenvalue weighted by Crippen LogP contribution is -2.29. The minimum absolute atomic E-state index is 0.263. The molecule has 0 saturated carbocycles. The first-order chi connectivity index (χ1) is 32.4. The molecule has 0 spiro atoms. The van der Waals surface area contributed by atoms with E-state index in [1.807, 2.05) is 96.3 Å². The Hall–Kier alpha value is -5.66. The molecule has 1 heterocycles. The van der Waals surface area contributed by atoms with Gasteiger partial charge in [0.2, 0.25) is 11.0 Å². The number of benzene rings is 7. The molecule has 66 heavy (non-hydrogen) atoms. The predicted octanol–water partition coefficient (Wildman–Crippen LogP) is 11.7. The molecule has 0 atom stereocenters. The van der Waals surface area contributed by atoms with Crippen LogP contribution in [0.25, 0.3) is 33.4 Å². The molecule has 8 nitrogen and oxygen atoms in total. The van der Waals surface area contributed by atoms with Crippen LogP contribution >= 0.6 is 23.5 Å². The van der Waals surface area contributed by atoms with Crippen molar-refractivity contribution in [3.63, 3.8) is 0 Å². The number of hydrogen-bond donors (Lipinski definition) is 2. The Morgan fingerprint density at radius 2 is 1.14 bits per heavy atom. The molecule has 0 bridgehead atoms. The highest BCUT2D eigenvalue weighted by Crippen LogP contribution is 2.43. The largest absolute Gasteiger partial charge is 0.744 e. The maximum absolute atomic E-state index is 12.8. The maximum Gasteiger partial charge on any atom is 0.209 e. The normalized spacial score (nSPS) is 12.1. The summed E-state index contributed by atoms with van der Waals surface area (Å²) in [6.45, 7) is 5.17. The van der Waals surface area contributed by atoms with E-state index in [2.05, 4.69) is 105 Å².